The zero-order chi connectivity index (χ0) is 19.8. The molecule has 0 bridgehead atoms. The van der Waals surface area contributed by atoms with Gasteiger partial charge in [-0.25, -0.2) is 0 Å². The van der Waals surface area contributed by atoms with E-state index < -0.39 is 0 Å². The molecule has 2 heterocycles. The molecule has 0 radical (unpaired) electrons. The fourth-order valence-corrected chi connectivity index (χ4v) is 3.49. The Balaban J connectivity index is 1.78. The Labute approximate surface area is 164 Å². The van der Waals surface area contributed by atoms with Crippen molar-refractivity contribution < 1.29 is 4.52 Å². The first-order chi connectivity index (χ1) is 12.7. The molecule has 0 aliphatic carbocycles. The maximum Gasteiger partial charge on any atom is 0.239 e. The van der Waals surface area contributed by atoms with E-state index in [0.717, 1.165) is 22.4 Å². The van der Waals surface area contributed by atoms with E-state index in [0.29, 0.717) is 5.89 Å². The molecule has 3 aromatic rings. The number of thioether (sulfide) groups is 1. The molecule has 1 aromatic carbocycles. The number of nitrogens with zero attached hydrogens (tertiary/aromatic N) is 5. The summed E-state index contributed by atoms with van der Waals surface area (Å²) in [5, 5.41) is 13.6. The zero-order valence-electron chi connectivity index (χ0n) is 17.0. The number of aromatic nitrogens is 5. The summed E-state index contributed by atoms with van der Waals surface area (Å²) in [6.07, 6.45) is 0. The predicted octanol–water partition coefficient (Wildman–Crippen LogP) is 5.14. The maximum absolute atomic E-state index is 5.40. The summed E-state index contributed by atoms with van der Waals surface area (Å²) in [6.45, 7) is 12.8. The highest BCUT2D eigenvalue weighted by Gasteiger charge is 2.21. The minimum Gasteiger partial charge on any atom is -0.338 e. The second kappa shape index (κ2) is 7.46. The van der Waals surface area contributed by atoms with Gasteiger partial charge in [0.1, 0.15) is 0 Å². The smallest absolute Gasteiger partial charge is 0.239 e. The van der Waals surface area contributed by atoms with Gasteiger partial charge < -0.3 is 9.09 Å². The summed E-state index contributed by atoms with van der Waals surface area (Å²) < 4.78 is 7.40. The molecule has 7 heteroatoms. The first-order valence-electron chi connectivity index (χ1n) is 9.17. The molecule has 0 aliphatic heterocycles. The number of rotatable bonds is 5. The van der Waals surface area contributed by atoms with Crippen LogP contribution in [0.5, 0.6) is 0 Å². The van der Waals surface area contributed by atoms with E-state index in [4.69, 9.17) is 4.52 Å². The van der Waals surface area contributed by atoms with Crippen LogP contribution in [-0.2, 0) is 12.5 Å². The summed E-state index contributed by atoms with van der Waals surface area (Å²) in [5.41, 5.74) is 2.49. The standard InChI is InChI=1S/C20H27N5OS/c1-12(2)16-21-18(26-24-16)13(3)27-19-23-22-17(25(19)7)14-8-10-15(11-9-14)20(4,5)6/h8-13H,1-7H3/t13-/m1/s1. The lowest BCUT2D eigenvalue weighted by Crippen LogP contribution is -2.10. The van der Waals surface area contributed by atoms with Crippen LogP contribution in [0.4, 0.5) is 0 Å². The lowest BCUT2D eigenvalue weighted by atomic mass is 9.87. The van der Waals surface area contributed by atoms with Gasteiger partial charge in [0.25, 0.3) is 0 Å². The van der Waals surface area contributed by atoms with Gasteiger partial charge in [0, 0.05) is 18.5 Å². The van der Waals surface area contributed by atoms with Gasteiger partial charge in [-0.15, -0.1) is 10.2 Å². The van der Waals surface area contributed by atoms with E-state index in [1.165, 1.54) is 5.56 Å². The third kappa shape index (κ3) is 4.24. The molecule has 0 N–H and O–H groups in total. The lowest BCUT2D eigenvalue weighted by Gasteiger charge is -2.19. The average molecular weight is 386 g/mol. The van der Waals surface area contributed by atoms with Crippen LogP contribution < -0.4 is 0 Å². The van der Waals surface area contributed by atoms with Crippen LogP contribution in [0.3, 0.4) is 0 Å². The van der Waals surface area contributed by atoms with E-state index in [9.17, 15) is 0 Å². The molecule has 27 heavy (non-hydrogen) atoms. The number of benzene rings is 1. The van der Waals surface area contributed by atoms with Crippen molar-refractivity contribution in [2.45, 2.75) is 63.3 Å². The third-order valence-corrected chi connectivity index (χ3v) is 5.57. The monoisotopic (exact) mass is 385 g/mol. The van der Waals surface area contributed by atoms with Gasteiger partial charge in [-0.05, 0) is 17.9 Å². The Hall–Kier alpha value is -2.15. The van der Waals surface area contributed by atoms with Crippen LogP contribution in [0.2, 0.25) is 0 Å². The van der Waals surface area contributed by atoms with E-state index in [-0.39, 0.29) is 16.6 Å². The Kier molecular flexibility index (Phi) is 5.42. The summed E-state index contributed by atoms with van der Waals surface area (Å²) in [4.78, 5) is 4.48. The molecular formula is C20H27N5OS. The molecule has 0 saturated carbocycles. The molecule has 0 unspecified atom stereocenters. The van der Waals surface area contributed by atoms with E-state index >= 15 is 0 Å². The Morgan fingerprint density at radius 3 is 2.26 bits per heavy atom. The van der Waals surface area contributed by atoms with Gasteiger partial charge >= 0.3 is 0 Å². The van der Waals surface area contributed by atoms with Crippen molar-refractivity contribution in [3.8, 4) is 11.4 Å². The maximum atomic E-state index is 5.40. The SMILES string of the molecule is CC(C)c1noc([C@@H](C)Sc2nnc(-c3ccc(C(C)(C)C)cc3)n2C)n1. The van der Waals surface area contributed by atoms with Gasteiger partial charge in [0.15, 0.2) is 16.8 Å². The van der Waals surface area contributed by atoms with Crippen molar-refractivity contribution in [3.63, 3.8) is 0 Å². The topological polar surface area (TPSA) is 69.6 Å². The van der Waals surface area contributed by atoms with Gasteiger partial charge in [-0.1, -0.05) is 75.8 Å². The number of hydrogen-bond acceptors (Lipinski definition) is 6. The van der Waals surface area contributed by atoms with E-state index in [1.807, 2.05) is 32.4 Å². The van der Waals surface area contributed by atoms with Crippen LogP contribution >= 0.6 is 11.8 Å². The summed E-state index contributed by atoms with van der Waals surface area (Å²) in [7, 11) is 1.98. The van der Waals surface area contributed by atoms with Crippen LogP contribution in [0.1, 0.15) is 70.0 Å². The van der Waals surface area contributed by atoms with Crippen LogP contribution in [0.25, 0.3) is 11.4 Å². The largest absolute Gasteiger partial charge is 0.338 e. The highest BCUT2D eigenvalue weighted by molar-refractivity contribution is 7.99. The lowest BCUT2D eigenvalue weighted by molar-refractivity contribution is 0.373. The highest BCUT2D eigenvalue weighted by Crippen LogP contribution is 2.34. The van der Waals surface area contributed by atoms with Crippen LogP contribution in [-0.4, -0.2) is 24.9 Å². The zero-order valence-corrected chi connectivity index (χ0v) is 17.8. The fraction of sp³-hybridized carbons (Fsp3) is 0.500. The van der Waals surface area contributed by atoms with Gasteiger partial charge in [-0.3, -0.25) is 0 Å². The van der Waals surface area contributed by atoms with E-state index in [1.54, 1.807) is 11.8 Å². The van der Waals surface area contributed by atoms with Gasteiger partial charge in [0.05, 0.1) is 5.25 Å². The van der Waals surface area contributed by atoms with Crippen molar-refractivity contribution >= 4 is 11.8 Å². The molecule has 0 saturated heterocycles. The average Bonchev–Trinajstić information content (AvgIpc) is 3.22. The molecule has 6 nitrogen and oxygen atoms in total. The first-order valence-corrected chi connectivity index (χ1v) is 10.0. The summed E-state index contributed by atoms with van der Waals surface area (Å²) in [5.74, 6) is 2.44. The quantitative estimate of drug-likeness (QED) is 0.566. The van der Waals surface area contributed by atoms with Gasteiger partial charge in [0.2, 0.25) is 5.89 Å². The van der Waals surface area contributed by atoms with E-state index in [2.05, 4.69) is 65.4 Å². The molecule has 2 aromatic heterocycles. The van der Waals surface area contributed by atoms with Gasteiger partial charge in [-0.2, -0.15) is 4.98 Å². The van der Waals surface area contributed by atoms with Crippen molar-refractivity contribution in [1.82, 2.24) is 24.9 Å². The minimum atomic E-state index is 0.00372. The van der Waals surface area contributed by atoms with Crippen LogP contribution in [0, 0.1) is 0 Å². The predicted molar refractivity (Wildman–Crippen MR) is 108 cm³/mol. The van der Waals surface area contributed by atoms with Crippen molar-refractivity contribution in [1.29, 1.82) is 0 Å². The molecule has 144 valence electrons. The molecule has 3 rings (SSSR count). The fourth-order valence-electron chi connectivity index (χ4n) is 2.64. The normalized spacial score (nSPS) is 13.3. The molecular weight excluding hydrogens is 358 g/mol. The van der Waals surface area contributed by atoms with Crippen molar-refractivity contribution in [3.05, 3.63) is 41.5 Å². The molecule has 0 aliphatic rings. The molecule has 0 fully saturated rings. The second-order valence-corrected chi connectivity index (χ2v) is 9.41. The van der Waals surface area contributed by atoms with Crippen LogP contribution in [0.15, 0.2) is 33.9 Å². The van der Waals surface area contributed by atoms with Crippen molar-refractivity contribution in [2.75, 3.05) is 0 Å². The third-order valence-electron chi connectivity index (χ3n) is 4.45. The Morgan fingerprint density at radius 2 is 1.70 bits per heavy atom. The first kappa shape index (κ1) is 19.6. The Bertz CT molecular complexity index is 905. The minimum absolute atomic E-state index is 0.00372. The number of hydrogen-bond donors (Lipinski definition) is 0. The second-order valence-electron chi connectivity index (χ2n) is 8.10. The molecule has 0 spiro atoms. The summed E-state index contributed by atoms with van der Waals surface area (Å²) >= 11 is 1.56. The molecule has 0 amide bonds. The van der Waals surface area contributed by atoms with Crippen molar-refractivity contribution in [2.24, 2.45) is 7.05 Å². The molecule has 1 atom stereocenters. The summed E-state index contributed by atoms with van der Waals surface area (Å²) in [6, 6.07) is 8.53. The highest BCUT2D eigenvalue weighted by atomic mass is 32.2. The Morgan fingerprint density at radius 1 is 1.04 bits per heavy atom.